The van der Waals surface area contributed by atoms with E-state index in [4.69, 9.17) is 0 Å². The minimum atomic E-state index is 1.15. The van der Waals surface area contributed by atoms with Crippen molar-refractivity contribution in [3.05, 3.63) is 180 Å². The fourth-order valence-electron chi connectivity index (χ4n) is 9.12. The van der Waals surface area contributed by atoms with Gasteiger partial charge >= 0.3 is 0 Å². The summed E-state index contributed by atoms with van der Waals surface area (Å²) >= 11 is 4.00. The molecule has 0 fully saturated rings. The summed E-state index contributed by atoms with van der Waals surface area (Å²) in [4.78, 5) is 0. The Bertz CT molecular complexity index is 3130. The number of halogens is 1. The molecule has 0 aromatic heterocycles. The van der Waals surface area contributed by atoms with E-state index in [0.29, 0.717) is 0 Å². The number of fused-ring (bicyclic) bond motifs is 4. The molecule has 0 radical (unpaired) electrons. The van der Waals surface area contributed by atoms with Gasteiger partial charge in [-0.3, -0.25) is 0 Å². The molecule has 0 atom stereocenters. The van der Waals surface area contributed by atoms with Crippen LogP contribution in [0.3, 0.4) is 0 Å². The Hall–Kier alpha value is -6.02. The van der Waals surface area contributed by atoms with Crippen LogP contribution in [0.5, 0.6) is 0 Å². The molecular formula is C51H31Br. The summed E-state index contributed by atoms with van der Waals surface area (Å²) in [5.41, 5.74) is 8.86. The summed E-state index contributed by atoms with van der Waals surface area (Å²) in [6.45, 7) is 2.24. The van der Waals surface area contributed by atoms with Gasteiger partial charge in [-0.2, -0.15) is 0 Å². The first kappa shape index (κ1) is 29.7. The van der Waals surface area contributed by atoms with Gasteiger partial charge in [-0.05, 0) is 143 Å². The summed E-state index contributed by atoms with van der Waals surface area (Å²) in [6.07, 6.45) is 0. The van der Waals surface area contributed by atoms with Gasteiger partial charge in [0.1, 0.15) is 0 Å². The van der Waals surface area contributed by atoms with Crippen LogP contribution in [-0.4, -0.2) is 0 Å². The van der Waals surface area contributed by atoms with E-state index in [1.165, 1.54) is 114 Å². The zero-order chi connectivity index (χ0) is 34.5. The van der Waals surface area contributed by atoms with E-state index in [1.807, 2.05) is 0 Å². The van der Waals surface area contributed by atoms with Crippen molar-refractivity contribution in [2.75, 3.05) is 0 Å². The highest BCUT2D eigenvalue weighted by Crippen LogP contribution is 2.50. The van der Waals surface area contributed by atoms with Crippen LogP contribution in [0, 0.1) is 6.92 Å². The number of benzene rings is 11. The fourth-order valence-corrected chi connectivity index (χ4v) is 9.81. The topological polar surface area (TPSA) is 0 Å². The first-order valence-electron chi connectivity index (χ1n) is 18.0. The third-order valence-corrected chi connectivity index (χ3v) is 12.1. The molecule has 52 heavy (non-hydrogen) atoms. The van der Waals surface area contributed by atoms with Crippen LogP contribution >= 0.6 is 15.9 Å². The van der Waals surface area contributed by atoms with Gasteiger partial charge in [0.15, 0.2) is 0 Å². The van der Waals surface area contributed by atoms with Gasteiger partial charge in [0.25, 0.3) is 0 Å². The minimum absolute atomic E-state index is 1.15. The van der Waals surface area contributed by atoms with E-state index in [2.05, 4.69) is 193 Å². The van der Waals surface area contributed by atoms with Crippen molar-refractivity contribution in [1.82, 2.24) is 0 Å². The number of aryl methyl sites for hydroxylation is 1. The Morgan fingerprint density at radius 3 is 1.31 bits per heavy atom. The van der Waals surface area contributed by atoms with Gasteiger partial charge in [0.05, 0.1) is 0 Å². The fraction of sp³-hybridized carbons (Fsp3) is 0.0196. The largest absolute Gasteiger partial charge is 0.0616 e. The third kappa shape index (κ3) is 4.21. The van der Waals surface area contributed by atoms with E-state index in [1.54, 1.807) is 0 Å². The molecule has 0 unspecified atom stereocenters. The molecule has 0 N–H and O–H groups in total. The molecule has 0 nitrogen and oxygen atoms in total. The second kappa shape index (κ2) is 11.2. The predicted molar refractivity (Wildman–Crippen MR) is 229 cm³/mol. The Labute approximate surface area is 310 Å². The van der Waals surface area contributed by atoms with Crippen LogP contribution in [0.2, 0.25) is 0 Å². The highest BCUT2D eigenvalue weighted by Gasteiger charge is 2.22. The van der Waals surface area contributed by atoms with Crippen molar-refractivity contribution in [3.8, 4) is 33.4 Å². The van der Waals surface area contributed by atoms with Crippen LogP contribution < -0.4 is 0 Å². The van der Waals surface area contributed by atoms with Gasteiger partial charge < -0.3 is 0 Å². The van der Waals surface area contributed by atoms with Crippen molar-refractivity contribution >= 4 is 91.3 Å². The van der Waals surface area contributed by atoms with Crippen LogP contribution in [0.4, 0.5) is 0 Å². The lowest BCUT2D eigenvalue weighted by molar-refractivity contribution is 1.47. The maximum atomic E-state index is 4.00. The normalized spacial score (nSPS) is 12.0. The maximum Gasteiger partial charge on any atom is 0.0332 e. The lowest BCUT2D eigenvalue weighted by Crippen LogP contribution is -1.94. The summed E-state index contributed by atoms with van der Waals surface area (Å²) in [7, 11) is 0. The molecule has 1 heteroatoms. The molecule has 0 saturated heterocycles. The molecule has 0 aliphatic heterocycles. The average Bonchev–Trinajstić information content (AvgIpc) is 3.19. The van der Waals surface area contributed by atoms with Gasteiger partial charge in [0.2, 0.25) is 0 Å². The Kier molecular flexibility index (Phi) is 6.42. The second-order valence-corrected chi connectivity index (χ2v) is 15.0. The number of hydrogen-bond acceptors (Lipinski definition) is 0. The molecular weight excluding hydrogens is 692 g/mol. The SMILES string of the molecule is Cc1cc(-c2c3ccccc3c(-c3c4ccccc4c(Br)c4ccccc34)c3ccccc23)cc(-c2ccc3ccc4cccc5ccc2c3c45)c1. The molecule has 0 saturated carbocycles. The van der Waals surface area contributed by atoms with Crippen LogP contribution in [0.25, 0.3) is 109 Å². The quantitative estimate of drug-likeness (QED) is 0.126. The molecule has 11 rings (SSSR count). The summed E-state index contributed by atoms with van der Waals surface area (Å²) in [5.74, 6) is 0. The maximum absolute atomic E-state index is 4.00. The first-order chi connectivity index (χ1) is 25.6. The van der Waals surface area contributed by atoms with E-state index < -0.39 is 0 Å². The monoisotopic (exact) mass is 722 g/mol. The lowest BCUT2D eigenvalue weighted by Gasteiger charge is -2.21. The van der Waals surface area contributed by atoms with Gasteiger partial charge in [0, 0.05) is 4.47 Å². The van der Waals surface area contributed by atoms with E-state index >= 15 is 0 Å². The van der Waals surface area contributed by atoms with Crippen molar-refractivity contribution in [2.24, 2.45) is 0 Å². The first-order valence-corrected chi connectivity index (χ1v) is 18.7. The van der Waals surface area contributed by atoms with Crippen molar-refractivity contribution < 1.29 is 0 Å². The molecule has 0 aliphatic rings. The van der Waals surface area contributed by atoms with Crippen molar-refractivity contribution in [2.45, 2.75) is 6.92 Å². The molecule has 0 amide bonds. The lowest BCUT2D eigenvalue weighted by atomic mass is 9.82. The molecule has 0 heterocycles. The van der Waals surface area contributed by atoms with Crippen molar-refractivity contribution in [3.63, 3.8) is 0 Å². The molecule has 0 bridgehead atoms. The van der Waals surface area contributed by atoms with Crippen LogP contribution in [0.15, 0.2) is 174 Å². The van der Waals surface area contributed by atoms with Gasteiger partial charge in [-0.15, -0.1) is 0 Å². The molecule has 0 spiro atoms. The van der Waals surface area contributed by atoms with Crippen LogP contribution in [-0.2, 0) is 0 Å². The summed E-state index contributed by atoms with van der Waals surface area (Å²) < 4.78 is 1.15. The second-order valence-electron chi connectivity index (χ2n) is 14.2. The zero-order valence-electron chi connectivity index (χ0n) is 28.5. The summed E-state index contributed by atoms with van der Waals surface area (Å²) in [6, 6.07) is 63.3. The third-order valence-electron chi connectivity index (χ3n) is 11.3. The van der Waals surface area contributed by atoms with Crippen LogP contribution in [0.1, 0.15) is 5.56 Å². The summed E-state index contributed by atoms with van der Waals surface area (Å²) in [5, 5.41) is 17.9. The highest BCUT2D eigenvalue weighted by atomic mass is 79.9. The zero-order valence-corrected chi connectivity index (χ0v) is 30.1. The average molecular weight is 724 g/mol. The van der Waals surface area contributed by atoms with E-state index in [-0.39, 0.29) is 0 Å². The Balaban J connectivity index is 1.23. The molecule has 242 valence electrons. The Morgan fingerprint density at radius 2 is 0.750 bits per heavy atom. The van der Waals surface area contributed by atoms with Gasteiger partial charge in [-0.25, -0.2) is 0 Å². The minimum Gasteiger partial charge on any atom is -0.0616 e. The number of hydrogen-bond donors (Lipinski definition) is 0. The van der Waals surface area contributed by atoms with Crippen molar-refractivity contribution in [1.29, 1.82) is 0 Å². The van der Waals surface area contributed by atoms with Gasteiger partial charge in [-0.1, -0.05) is 164 Å². The molecule has 0 aliphatic carbocycles. The Morgan fingerprint density at radius 1 is 0.327 bits per heavy atom. The number of rotatable bonds is 3. The van der Waals surface area contributed by atoms with E-state index in [9.17, 15) is 0 Å². The smallest absolute Gasteiger partial charge is 0.0332 e. The van der Waals surface area contributed by atoms with E-state index in [0.717, 1.165) is 4.47 Å². The highest BCUT2D eigenvalue weighted by molar-refractivity contribution is 9.10. The molecule has 11 aromatic rings. The standard InChI is InChI=1S/C51H31Br/c1-30-27-34(36-25-23-33-22-21-31-11-10-12-32-24-26-43(36)48(33)46(31)32)29-35(28-30)47-37-13-2-4-15-39(37)49(40-16-5-3-14-38(40)47)50-41-17-6-8-19-44(41)51(52)45-20-9-7-18-42(45)50/h2-29H,1H3. The molecule has 11 aromatic carbocycles. The predicted octanol–water partition coefficient (Wildman–Crippen LogP) is 15.3.